The highest BCUT2D eigenvalue weighted by Crippen LogP contribution is 2.03. The van der Waals surface area contributed by atoms with E-state index in [9.17, 15) is 0 Å². The van der Waals surface area contributed by atoms with Crippen molar-refractivity contribution in [2.45, 2.75) is 60.0 Å². The highest BCUT2D eigenvalue weighted by molar-refractivity contribution is 4.67. The number of nitrogens with zero attached hydrogens (tertiary/aromatic N) is 1. The van der Waals surface area contributed by atoms with Crippen molar-refractivity contribution in [2.75, 3.05) is 19.6 Å². The molecule has 0 rings (SSSR count). The van der Waals surface area contributed by atoms with E-state index in [2.05, 4.69) is 51.8 Å². The Labute approximate surface area is 96.4 Å². The summed E-state index contributed by atoms with van der Waals surface area (Å²) in [5, 5.41) is 3.55. The molecule has 0 heterocycles. The van der Waals surface area contributed by atoms with Crippen LogP contribution in [0, 0.1) is 5.92 Å². The Morgan fingerprint density at radius 3 is 2.07 bits per heavy atom. The Morgan fingerprint density at radius 1 is 1.07 bits per heavy atom. The zero-order valence-corrected chi connectivity index (χ0v) is 11.5. The second-order valence-corrected chi connectivity index (χ2v) is 5.25. The SMILES string of the molecule is CCC(C)NCCN(CC(C)C)C(C)C. The van der Waals surface area contributed by atoms with Crippen LogP contribution in [0.4, 0.5) is 0 Å². The number of hydrogen-bond donors (Lipinski definition) is 1. The highest BCUT2D eigenvalue weighted by Gasteiger charge is 2.10. The fraction of sp³-hybridized carbons (Fsp3) is 1.00. The first-order valence-corrected chi connectivity index (χ1v) is 6.44. The molecule has 1 unspecified atom stereocenters. The summed E-state index contributed by atoms with van der Waals surface area (Å²) in [4.78, 5) is 2.56. The van der Waals surface area contributed by atoms with Crippen molar-refractivity contribution in [3.8, 4) is 0 Å². The third-order valence-electron chi connectivity index (χ3n) is 2.83. The molecule has 0 aliphatic carbocycles. The fourth-order valence-electron chi connectivity index (χ4n) is 1.63. The predicted molar refractivity (Wildman–Crippen MR) is 69.3 cm³/mol. The minimum Gasteiger partial charge on any atom is -0.313 e. The number of hydrogen-bond acceptors (Lipinski definition) is 2. The van der Waals surface area contributed by atoms with E-state index in [1.807, 2.05) is 0 Å². The molecule has 0 aromatic carbocycles. The van der Waals surface area contributed by atoms with Crippen LogP contribution in [0.3, 0.4) is 0 Å². The zero-order chi connectivity index (χ0) is 11.8. The molecule has 92 valence electrons. The molecule has 0 amide bonds. The van der Waals surface area contributed by atoms with Gasteiger partial charge in [0.1, 0.15) is 0 Å². The molecule has 2 nitrogen and oxygen atoms in total. The smallest absolute Gasteiger partial charge is 0.0110 e. The minimum atomic E-state index is 0.651. The minimum absolute atomic E-state index is 0.651. The van der Waals surface area contributed by atoms with Gasteiger partial charge in [-0.1, -0.05) is 20.8 Å². The molecular weight excluding hydrogens is 184 g/mol. The van der Waals surface area contributed by atoms with Gasteiger partial charge in [-0.05, 0) is 33.1 Å². The maximum absolute atomic E-state index is 3.55. The van der Waals surface area contributed by atoms with E-state index in [0.717, 1.165) is 12.5 Å². The quantitative estimate of drug-likeness (QED) is 0.668. The summed E-state index contributed by atoms with van der Waals surface area (Å²) in [6.45, 7) is 17.1. The van der Waals surface area contributed by atoms with E-state index >= 15 is 0 Å². The van der Waals surface area contributed by atoms with Crippen molar-refractivity contribution < 1.29 is 0 Å². The molecule has 0 aliphatic rings. The molecule has 0 bridgehead atoms. The van der Waals surface area contributed by atoms with E-state index in [4.69, 9.17) is 0 Å². The Hall–Kier alpha value is -0.0800. The topological polar surface area (TPSA) is 15.3 Å². The van der Waals surface area contributed by atoms with Crippen molar-refractivity contribution >= 4 is 0 Å². The molecule has 1 atom stereocenters. The summed E-state index contributed by atoms with van der Waals surface area (Å²) in [5.74, 6) is 0.760. The van der Waals surface area contributed by atoms with Gasteiger partial charge in [-0.2, -0.15) is 0 Å². The van der Waals surface area contributed by atoms with Crippen LogP contribution in [0.5, 0.6) is 0 Å². The lowest BCUT2D eigenvalue weighted by atomic mass is 10.2. The lowest BCUT2D eigenvalue weighted by Crippen LogP contribution is -2.40. The van der Waals surface area contributed by atoms with Crippen LogP contribution in [0.2, 0.25) is 0 Å². The van der Waals surface area contributed by atoms with Gasteiger partial charge in [-0.15, -0.1) is 0 Å². The molecule has 1 N–H and O–H groups in total. The monoisotopic (exact) mass is 214 g/mol. The van der Waals surface area contributed by atoms with Crippen molar-refractivity contribution in [2.24, 2.45) is 5.92 Å². The van der Waals surface area contributed by atoms with E-state index in [1.54, 1.807) is 0 Å². The maximum Gasteiger partial charge on any atom is 0.0110 e. The van der Waals surface area contributed by atoms with Gasteiger partial charge in [-0.25, -0.2) is 0 Å². The first-order chi connectivity index (χ1) is 6.97. The van der Waals surface area contributed by atoms with Crippen LogP contribution in [0.25, 0.3) is 0 Å². The van der Waals surface area contributed by atoms with Crippen molar-refractivity contribution in [3.63, 3.8) is 0 Å². The lowest BCUT2D eigenvalue weighted by Gasteiger charge is -2.28. The zero-order valence-electron chi connectivity index (χ0n) is 11.5. The fourth-order valence-corrected chi connectivity index (χ4v) is 1.63. The summed E-state index contributed by atoms with van der Waals surface area (Å²) in [5.41, 5.74) is 0. The number of nitrogens with one attached hydrogen (secondary N) is 1. The lowest BCUT2D eigenvalue weighted by molar-refractivity contribution is 0.196. The third kappa shape index (κ3) is 7.80. The van der Waals surface area contributed by atoms with Gasteiger partial charge in [0.15, 0.2) is 0 Å². The van der Waals surface area contributed by atoms with Gasteiger partial charge in [0.05, 0.1) is 0 Å². The molecule has 2 heteroatoms. The van der Waals surface area contributed by atoms with Crippen LogP contribution in [0.15, 0.2) is 0 Å². The van der Waals surface area contributed by atoms with Crippen molar-refractivity contribution in [3.05, 3.63) is 0 Å². The Kier molecular flexibility index (Phi) is 8.07. The molecule has 0 aromatic rings. The summed E-state index contributed by atoms with van der Waals surface area (Å²) >= 11 is 0. The second kappa shape index (κ2) is 8.12. The highest BCUT2D eigenvalue weighted by atomic mass is 15.2. The van der Waals surface area contributed by atoms with Crippen molar-refractivity contribution in [1.82, 2.24) is 10.2 Å². The first-order valence-electron chi connectivity index (χ1n) is 6.44. The average molecular weight is 214 g/mol. The Morgan fingerprint density at radius 2 is 1.67 bits per heavy atom. The van der Waals surface area contributed by atoms with Crippen molar-refractivity contribution in [1.29, 1.82) is 0 Å². The third-order valence-corrected chi connectivity index (χ3v) is 2.83. The molecule has 0 radical (unpaired) electrons. The largest absolute Gasteiger partial charge is 0.313 e. The van der Waals surface area contributed by atoms with Crippen LogP contribution in [-0.2, 0) is 0 Å². The standard InChI is InChI=1S/C13H30N2/c1-7-13(6)14-8-9-15(12(4)5)10-11(2)3/h11-14H,7-10H2,1-6H3. The van der Waals surface area contributed by atoms with Gasteiger partial charge >= 0.3 is 0 Å². The first kappa shape index (κ1) is 14.9. The van der Waals surface area contributed by atoms with Crippen LogP contribution < -0.4 is 5.32 Å². The molecule has 0 saturated heterocycles. The van der Waals surface area contributed by atoms with Crippen LogP contribution in [0.1, 0.15) is 48.0 Å². The summed E-state index contributed by atoms with van der Waals surface area (Å²) in [7, 11) is 0. The summed E-state index contributed by atoms with van der Waals surface area (Å²) in [6, 6.07) is 1.31. The molecule has 0 spiro atoms. The van der Waals surface area contributed by atoms with E-state index in [1.165, 1.54) is 19.5 Å². The summed E-state index contributed by atoms with van der Waals surface area (Å²) in [6.07, 6.45) is 1.21. The Balaban J connectivity index is 3.76. The van der Waals surface area contributed by atoms with Crippen LogP contribution in [-0.4, -0.2) is 36.6 Å². The normalized spacial score (nSPS) is 14.2. The van der Waals surface area contributed by atoms with Gasteiger partial charge in [0, 0.05) is 31.7 Å². The van der Waals surface area contributed by atoms with E-state index < -0.39 is 0 Å². The number of rotatable bonds is 8. The van der Waals surface area contributed by atoms with E-state index in [0.29, 0.717) is 12.1 Å². The van der Waals surface area contributed by atoms with Gasteiger partial charge in [0.25, 0.3) is 0 Å². The van der Waals surface area contributed by atoms with Gasteiger partial charge < -0.3 is 5.32 Å². The molecule has 0 aromatic heterocycles. The molecule has 0 fully saturated rings. The predicted octanol–water partition coefficient (Wildman–Crippen LogP) is 2.74. The van der Waals surface area contributed by atoms with Crippen LogP contribution >= 0.6 is 0 Å². The van der Waals surface area contributed by atoms with Gasteiger partial charge in [-0.3, -0.25) is 4.90 Å². The maximum atomic E-state index is 3.55. The Bertz CT molecular complexity index is 143. The van der Waals surface area contributed by atoms with Gasteiger partial charge in [0.2, 0.25) is 0 Å². The molecule has 15 heavy (non-hydrogen) atoms. The molecule has 0 saturated carbocycles. The molecular formula is C13H30N2. The summed E-state index contributed by atoms with van der Waals surface area (Å²) < 4.78 is 0. The molecule has 0 aliphatic heterocycles. The average Bonchev–Trinajstić information content (AvgIpc) is 2.15. The second-order valence-electron chi connectivity index (χ2n) is 5.25. The van der Waals surface area contributed by atoms with E-state index in [-0.39, 0.29) is 0 Å².